The molecule has 0 heterocycles. The molecular formula is C12H16S. The van der Waals surface area contributed by atoms with Crippen LogP contribution in [0.3, 0.4) is 0 Å². The Morgan fingerprint density at radius 2 is 2.00 bits per heavy atom. The average molecular weight is 192 g/mol. The van der Waals surface area contributed by atoms with E-state index in [1.54, 1.807) is 0 Å². The Morgan fingerprint density at radius 3 is 2.62 bits per heavy atom. The van der Waals surface area contributed by atoms with E-state index in [1.165, 1.54) is 10.5 Å². The molecule has 1 rings (SSSR count). The fraction of sp³-hybridized carbons (Fsp3) is 0.333. The van der Waals surface area contributed by atoms with Gasteiger partial charge in [0.05, 0.1) is 0 Å². The molecule has 0 nitrogen and oxygen atoms in total. The van der Waals surface area contributed by atoms with E-state index >= 15 is 0 Å². The Kier molecular flexibility index (Phi) is 4.69. The summed E-state index contributed by atoms with van der Waals surface area (Å²) in [4.78, 5) is 1.35. The van der Waals surface area contributed by atoms with Gasteiger partial charge in [-0.25, -0.2) is 0 Å². The fourth-order valence-electron chi connectivity index (χ4n) is 1.12. The van der Waals surface area contributed by atoms with Gasteiger partial charge in [0.15, 0.2) is 0 Å². The van der Waals surface area contributed by atoms with Crippen LogP contribution in [0.5, 0.6) is 0 Å². The monoisotopic (exact) mass is 192 g/mol. The lowest BCUT2D eigenvalue weighted by atomic mass is 10.3. The zero-order valence-corrected chi connectivity index (χ0v) is 9.10. The van der Waals surface area contributed by atoms with E-state index in [1.807, 2.05) is 11.8 Å². The second-order valence-corrected chi connectivity index (χ2v) is 4.11. The van der Waals surface area contributed by atoms with Crippen LogP contribution in [-0.4, -0.2) is 5.75 Å². The van der Waals surface area contributed by atoms with Crippen LogP contribution in [-0.2, 0) is 0 Å². The van der Waals surface area contributed by atoms with Crippen molar-refractivity contribution in [2.75, 3.05) is 5.75 Å². The fourth-order valence-corrected chi connectivity index (χ4v) is 1.98. The summed E-state index contributed by atoms with van der Waals surface area (Å²) < 4.78 is 0. The third kappa shape index (κ3) is 4.18. The Balaban J connectivity index is 2.39. The van der Waals surface area contributed by atoms with Gasteiger partial charge in [-0.2, -0.15) is 0 Å². The number of hydrogen-bond donors (Lipinski definition) is 0. The maximum absolute atomic E-state index is 2.29. The normalized spacial score (nSPS) is 11.7. The van der Waals surface area contributed by atoms with Crippen molar-refractivity contribution in [2.45, 2.75) is 25.2 Å². The molecule has 0 aromatic heterocycles. The molecule has 0 aliphatic rings. The lowest BCUT2D eigenvalue weighted by Gasteiger charge is -2.00. The summed E-state index contributed by atoms with van der Waals surface area (Å²) in [7, 11) is 0. The number of hydrogen-bond acceptors (Lipinski definition) is 1. The second-order valence-electron chi connectivity index (χ2n) is 3.06. The summed E-state index contributed by atoms with van der Waals surface area (Å²) in [6.07, 6.45) is 3.43. The minimum Gasteiger partial charge on any atom is -0.122 e. The summed E-state index contributed by atoms with van der Waals surface area (Å²) >= 11 is 1.90. The molecule has 0 saturated carbocycles. The number of benzene rings is 1. The average Bonchev–Trinajstić information content (AvgIpc) is 2.17. The standard InChI is InChI=1S/C12H16S/c1-3-7-11(2)10-13-12-8-5-4-6-9-12/h4-9H,3,10H2,1-2H3/b11-7+. The smallest absolute Gasteiger partial charge is 0.0187 e. The molecule has 0 atom stereocenters. The van der Waals surface area contributed by atoms with Crippen LogP contribution >= 0.6 is 11.8 Å². The second kappa shape index (κ2) is 5.87. The number of thioether (sulfide) groups is 1. The predicted molar refractivity (Wildman–Crippen MR) is 61.2 cm³/mol. The van der Waals surface area contributed by atoms with Crippen LogP contribution in [0.25, 0.3) is 0 Å². The van der Waals surface area contributed by atoms with Crippen molar-refractivity contribution in [2.24, 2.45) is 0 Å². The van der Waals surface area contributed by atoms with Crippen molar-refractivity contribution in [3.05, 3.63) is 42.0 Å². The molecule has 0 aliphatic heterocycles. The van der Waals surface area contributed by atoms with E-state index in [-0.39, 0.29) is 0 Å². The highest BCUT2D eigenvalue weighted by Crippen LogP contribution is 2.19. The molecule has 1 aromatic carbocycles. The molecule has 1 heteroatoms. The Hall–Kier alpha value is -0.690. The van der Waals surface area contributed by atoms with Gasteiger partial charge in [0, 0.05) is 10.6 Å². The first kappa shape index (κ1) is 10.4. The molecule has 0 bridgehead atoms. The lowest BCUT2D eigenvalue weighted by Crippen LogP contribution is -1.81. The largest absolute Gasteiger partial charge is 0.122 e. The third-order valence-electron chi connectivity index (χ3n) is 1.76. The summed E-state index contributed by atoms with van der Waals surface area (Å²) in [5.74, 6) is 1.11. The van der Waals surface area contributed by atoms with Gasteiger partial charge < -0.3 is 0 Å². The van der Waals surface area contributed by atoms with E-state index in [9.17, 15) is 0 Å². The van der Waals surface area contributed by atoms with Crippen molar-refractivity contribution >= 4 is 11.8 Å². The molecule has 1 aromatic rings. The molecule has 0 aliphatic carbocycles. The van der Waals surface area contributed by atoms with Crippen LogP contribution in [0.15, 0.2) is 46.9 Å². The molecule has 0 radical (unpaired) electrons. The van der Waals surface area contributed by atoms with Gasteiger partial charge in [0.2, 0.25) is 0 Å². The molecule has 0 N–H and O–H groups in total. The zero-order chi connectivity index (χ0) is 9.52. The molecule has 0 amide bonds. The van der Waals surface area contributed by atoms with Gasteiger partial charge in [0.1, 0.15) is 0 Å². The minimum absolute atomic E-state index is 1.11. The molecule has 0 fully saturated rings. The highest BCUT2D eigenvalue weighted by atomic mass is 32.2. The first-order valence-corrected chi connectivity index (χ1v) is 5.65. The van der Waals surface area contributed by atoms with Crippen LogP contribution in [0.4, 0.5) is 0 Å². The van der Waals surface area contributed by atoms with E-state index < -0.39 is 0 Å². The van der Waals surface area contributed by atoms with Crippen LogP contribution < -0.4 is 0 Å². The molecule has 0 spiro atoms. The Morgan fingerprint density at radius 1 is 1.31 bits per heavy atom. The summed E-state index contributed by atoms with van der Waals surface area (Å²) in [5, 5.41) is 0. The Labute approximate surface area is 85.1 Å². The highest BCUT2D eigenvalue weighted by molar-refractivity contribution is 7.99. The number of rotatable bonds is 4. The highest BCUT2D eigenvalue weighted by Gasteiger charge is 1.92. The van der Waals surface area contributed by atoms with Gasteiger partial charge in [-0.3, -0.25) is 0 Å². The van der Waals surface area contributed by atoms with Crippen molar-refractivity contribution in [3.63, 3.8) is 0 Å². The predicted octanol–water partition coefficient (Wildman–Crippen LogP) is 4.14. The van der Waals surface area contributed by atoms with Crippen LogP contribution in [0, 0.1) is 0 Å². The van der Waals surface area contributed by atoms with Gasteiger partial charge in [-0.1, -0.05) is 36.8 Å². The molecule has 0 unspecified atom stereocenters. The van der Waals surface area contributed by atoms with Gasteiger partial charge >= 0.3 is 0 Å². The van der Waals surface area contributed by atoms with E-state index in [0.717, 1.165) is 12.2 Å². The van der Waals surface area contributed by atoms with Gasteiger partial charge in [0.25, 0.3) is 0 Å². The first-order chi connectivity index (χ1) is 6.33. The maximum Gasteiger partial charge on any atom is 0.0187 e. The SMILES string of the molecule is CC/C=C(\C)CSc1ccccc1. The lowest BCUT2D eigenvalue weighted by molar-refractivity contribution is 1.18. The van der Waals surface area contributed by atoms with Crippen molar-refractivity contribution in [1.82, 2.24) is 0 Å². The van der Waals surface area contributed by atoms with E-state index in [2.05, 4.69) is 50.3 Å². The molecular weight excluding hydrogens is 176 g/mol. The first-order valence-electron chi connectivity index (χ1n) is 4.66. The van der Waals surface area contributed by atoms with E-state index in [0.29, 0.717) is 0 Å². The third-order valence-corrected chi connectivity index (χ3v) is 2.97. The minimum atomic E-state index is 1.11. The topological polar surface area (TPSA) is 0 Å². The van der Waals surface area contributed by atoms with Crippen molar-refractivity contribution < 1.29 is 0 Å². The van der Waals surface area contributed by atoms with Crippen molar-refractivity contribution in [3.8, 4) is 0 Å². The van der Waals surface area contributed by atoms with Crippen molar-refractivity contribution in [1.29, 1.82) is 0 Å². The maximum atomic E-state index is 2.29. The molecule has 13 heavy (non-hydrogen) atoms. The van der Waals surface area contributed by atoms with E-state index in [4.69, 9.17) is 0 Å². The van der Waals surface area contributed by atoms with Crippen LogP contribution in [0.2, 0.25) is 0 Å². The van der Waals surface area contributed by atoms with Crippen LogP contribution in [0.1, 0.15) is 20.3 Å². The summed E-state index contributed by atoms with van der Waals surface area (Å²) in [5.41, 5.74) is 1.47. The summed E-state index contributed by atoms with van der Waals surface area (Å²) in [6, 6.07) is 10.5. The quantitative estimate of drug-likeness (QED) is 0.510. The van der Waals surface area contributed by atoms with Gasteiger partial charge in [-0.15, -0.1) is 11.8 Å². The zero-order valence-electron chi connectivity index (χ0n) is 8.29. The summed E-state index contributed by atoms with van der Waals surface area (Å²) in [6.45, 7) is 4.37. The van der Waals surface area contributed by atoms with Gasteiger partial charge in [-0.05, 0) is 25.5 Å². The Bertz CT molecular complexity index is 262. The molecule has 0 saturated heterocycles. The number of allylic oxidation sites excluding steroid dienone is 1. The molecule has 70 valence electrons.